The fourth-order valence-corrected chi connectivity index (χ4v) is 1.56. The van der Waals surface area contributed by atoms with E-state index in [-0.39, 0.29) is 17.1 Å². The zero-order valence-corrected chi connectivity index (χ0v) is 11.8. The highest BCUT2D eigenvalue weighted by Crippen LogP contribution is 2.19. The lowest BCUT2D eigenvalue weighted by Gasteiger charge is -2.15. The summed E-state index contributed by atoms with van der Waals surface area (Å²) < 4.78 is 0. The van der Waals surface area contributed by atoms with Crippen LogP contribution in [0.3, 0.4) is 0 Å². The molecule has 94 valence electrons. The van der Waals surface area contributed by atoms with Gasteiger partial charge in [0.15, 0.2) is 0 Å². The zero-order chi connectivity index (χ0) is 13.0. The third kappa shape index (κ3) is 4.08. The first-order valence-corrected chi connectivity index (χ1v) is 6.52. The van der Waals surface area contributed by atoms with Gasteiger partial charge in [-0.1, -0.05) is 39.8 Å². The van der Waals surface area contributed by atoms with Gasteiger partial charge in [0.25, 0.3) is 0 Å². The number of rotatable bonds is 4. The molecule has 0 saturated heterocycles. The van der Waals surface area contributed by atoms with Gasteiger partial charge in [-0.05, 0) is 29.5 Å². The van der Waals surface area contributed by atoms with Gasteiger partial charge >= 0.3 is 0 Å². The molecule has 0 spiro atoms. The minimum Gasteiger partial charge on any atom is -0.325 e. The summed E-state index contributed by atoms with van der Waals surface area (Å²) in [6, 6.07) is 7.96. The minimum atomic E-state index is -0.266. The molecule has 1 atom stereocenters. The van der Waals surface area contributed by atoms with Crippen molar-refractivity contribution >= 4 is 24.2 Å². The first kappa shape index (κ1) is 14.1. The first-order chi connectivity index (χ1) is 7.91. The fourth-order valence-electron chi connectivity index (χ4n) is 1.49. The maximum absolute atomic E-state index is 11.8. The second kappa shape index (κ2) is 6.10. The third-order valence-electron chi connectivity index (χ3n) is 2.72. The van der Waals surface area contributed by atoms with E-state index in [2.05, 4.69) is 37.9 Å². The number of carbonyl (C=O) groups is 1. The molecule has 2 nitrogen and oxygen atoms in total. The predicted octanol–water partition coefficient (Wildman–Crippen LogP) is 3.70. The topological polar surface area (TPSA) is 29.1 Å². The predicted molar refractivity (Wildman–Crippen MR) is 76.8 cm³/mol. The molecule has 0 aromatic heterocycles. The summed E-state index contributed by atoms with van der Waals surface area (Å²) in [5, 5.41) is 2.64. The summed E-state index contributed by atoms with van der Waals surface area (Å²) in [5.41, 5.74) is 2.07. The number of carbonyl (C=O) groups excluding carboxylic acids is 1. The Morgan fingerprint density at radius 2 is 1.88 bits per heavy atom. The summed E-state index contributed by atoms with van der Waals surface area (Å²) in [6.45, 7) is 8.25. The van der Waals surface area contributed by atoms with Crippen LogP contribution in [0.4, 0.5) is 5.69 Å². The van der Waals surface area contributed by atoms with Gasteiger partial charge in [0.2, 0.25) is 5.91 Å². The van der Waals surface area contributed by atoms with Crippen molar-refractivity contribution in [1.29, 1.82) is 0 Å². The fraction of sp³-hybridized carbons (Fsp3) is 0.500. The van der Waals surface area contributed by atoms with E-state index in [1.165, 1.54) is 5.56 Å². The Morgan fingerprint density at radius 1 is 1.24 bits per heavy atom. The molecule has 1 N–H and O–H groups in total. The van der Waals surface area contributed by atoms with E-state index in [0.717, 1.165) is 5.69 Å². The van der Waals surface area contributed by atoms with Crippen molar-refractivity contribution in [3.63, 3.8) is 0 Å². The average molecular weight is 251 g/mol. The normalized spacial score (nSPS) is 12.9. The van der Waals surface area contributed by atoms with Crippen molar-refractivity contribution < 1.29 is 4.79 Å². The summed E-state index contributed by atoms with van der Waals surface area (Å²) in [6.07, 6.45) is 0. The van der Waals surface area contributed by atoms with Gasteiger partial charge < -0.3 is 5.32 Å². The van der Waals surface area contributed by atoms with Crippen LogP contribution in [0.5, 0.6) is 0 Å². The van der Waals surface area contributed by atoms with Gasteiger partial charge in [0, 0.05) is 5.69 Å². The van der Waals surface area contributed by atoms with Crippen LogP contribution in [0.25, 0.3) is 0 Å². The number of hydrogen-bond acceptors (Lipinski definition) is 2. The van der Waals surface area contributed by atoms with Gasteiger partial charge in [0.05, 0.1) is 5.25 Å². The molecule has 1 aromatic rings. The summed E-state index contributed by atoms with van der Waals surface area (Å²) >= 11 is 4.30. The highest BCUT2D eigenvalue weighted by molar-refractivity contribution is 7.81. The van der Waals surface area contributed by atoms with Crippen molar-refractivity contribution in [1.82, 2.24) is 0 Å². The van der Waals surface area contributed by atoms with E-state index in [9.17, 15) is 4.79 Å². The highest BCUT2D eigenvalue weighted by atomic mass is 32.1. The standard InChI is InChI=1S/C14H21NOS/c1-9(2)11-6-5-7-12(8-11)15-14(16)13(17)10(3)4/h5-10,13,17H,1-4H3,(H,15,16). The lowest BCUT2D eigenvalue weighted by Crippen LogP contribution is -2.27. The van der Waals surface area contributed by atoms with E-state index in [1.807, 2.05) is 32.0 Å². The lowest BCUT2D eigenvalue weighted by atomic mass is 10.0. The van der Waals surface area contributed by atoms with Gasteiger partial charge in [-0.15, -0.1) is 0 Å². The molecule has 0 fully saturated rings. The molecular formula is C14H21NOS. The van der Waals surface area contributed by atoms with Gasteiger partial charge in [-0.2, -0.15) is 12.6 Å². The van der Waals surface area contributed by atoms with Crippen LogP contribution < -0.4 is 5.32 Å². The summed E-state index contributed by atoms with van der Waals surface area (Å²) in [7, 11) is 0. The molecule has 1 unspecified atom stereocenters. The molecule has 0 heterocycles. The Morgan fingerprint density at radius 3 is 2.41 bits per heavy atom. The molecule has 17 heavy (non-hydrogen) atoms. The smallest absolute Gasteiger partial charge is 0.237 e. The monoisotopic (exact) mass is 251 g/mol. The summed E-state index contributed by atoms with van der Waals surface area (Å²) in [5.74, 6) is 0.652. The first-order valence-electron chi connectivity index (χ1n) is 6.00. The molecular weight excluding hydrogens is 230 g/mol. The van der Waals surface area contributed by atoms with Crippen LogP contribution in [0, 0.1) is 5.92 Å². The van der Waals surface area contributed by atoms with E-state index >= 15 is 0 Å². The van der Waals surface area contributed by atoms with Crippen LogP contribution in [0.15, 0.2) is 24.3 Å². The molecule has 0 bridgehead atoms. The largest absolute Gasteiger partial charge is 0.325 e. The van der Waals surface area contributed by atoms with Crippen molar-refractivity contribution in [3.05, 3.63) is 29.8 Å². The van der Waals surface area contributed by atoms with E-state index in [0.29, 0.717) is 5.92 Å². The van der Waals surface area contributed by atoms with Crippen molar-refractivity contribution in [2.75, 3.05) is 5.32 Å². The average Bonchev–Trinajstić information content (AvgIpc) is 2.28. The Kier molecular flexibility index (Phi) is 5.06. The van der Waals surface area contributed by atoms with E-state index in [1.54, 1.807) is 0 Å². The number of hydrogen-bond donors (Lipinski definition) is 2. The number of nitrogens with one attached hydrogen (secondary N) is 1. The molecule has 3 heteroatoms. The molecule has 0 aliphatic carbocycles. The Bertz CT molecular complexity index is 388. The molecule has 0 saturated carbocycles. The van der Waals surface area contributed by atoms with Crippen LogP contribution in [-0.2, 0) is 4.79 Å². The molecule has 1 aromatic carbocycles. The van der Waals surface area contributed by atoms with Gasteiger partial charge in [-0.25, -0.2) is 0 Å². The Balaban J connectivity index is 2.75. The Labute approximate surface area is 109 Å². The number of amides is 1. The molecule has 0 radical (unpaired) electrons. The maximum Gasteiger partial charge on any atom is 0.237 e. The maximum atomic E-state index is 11.8. The van der Waals surface area contributed by atoms with Crippen molar-refractivity contribution in [3.8, 4) is 0 Å². The second-order valence-electron chi connectivity index (χ2n) is 4.96. The van der Waals surface area contributed by atoms with Crippen LogP contribution >= 0.6 is 12.6 Å². The molecule has 1 rings (SSSR count). The minimum absolute atomic E-state index is 0.0377. The highest BCUT2D eigenvalue weighted by Gasteiger charge is 2.17. The quantitative estimate of drug-likeness (QED) is 0.785. The number of anilines is 1. The van der Waals surface area contributed by atoms with E-state index < -0.39 is 0 Å². The second-order valence-corrected chi connectivity index (χ2v) is 5.51. The van der Waals surface area contributed by atoms with Crippen LogP contribution in [0.2, 0.25) is 0 Å². The molecule has 0 aliphatic heterocycles. The molecule has 1 amide bonds. The van der Waals surface area contributed by atoms with Crippen LogP contribution in [0.1, 0.15) is 39.2 Å². The van der Waals surface area contributed by atoms with Gasteiger partial charge in [0.1, 0.15) is 0 Å². The van der Waals surface area contributed by atoms with E-state index in [4.69, 9.17) is 0 Å². The van der Waals surface area contributed by atoms with Crippen molar-refractivity contribution in [2.24, 2.45) is 5.92 Å². The summed E-state index contributed by atoms with van der Waals surface area (Å²) in [4.78, 5) is 11.8. The Hall–Kier alpha value is -0.960. The van der Waals surface area contributed by atoms with Crippen LogP contribution in [-0.4, -0.2) is 11.2 Å². The lowest BCUT2D eigenvalue weighted by molar-refractivity contribution is -0.116. The molecule has 0 aliphatic rings. The SMILES string of the molecule is CC(C)c1cccc(NC(=O)C(S)C(C)C)c1. The van der Waals surface area contributed by atoms with Crippen molar-refractivity contribution in [2.45, 2.75) is 38.9 Å². The number of thiol groups is 1. The number of benzene rings is 1. The zero-order valence-electron chi connectivity index (χ0n) is 10.9. The third-order valence-corrected chi connectivity index (χ3v) is 3.55. The van der Waals surface area contributed by atoms with Gasteiger partial charge in [-0.3, -0.25) is 4.79 Å².